The van der Waals surface area contributed by atoms with E-state index in [1.807, 2.05) is 6.92 Å². The quantitative estimate of drug-likeness (QED) is 0.737. The maximum atomic E-state index is 13.7. The smallest absolute Gasteiger partial charge is 0.196 e. The van der Waals surface area contributed by atoms with Gasteiger partial charge in [-0.15, -0.1) is 0 Å². The molecule has 0 bridgehead atoms. The molecule has 0 saturated carbocycles. The van der Waals surface area contributed by atoms with Crippen molar-refractivity contribution in [2.24, 2.45) is 0 Å². The highest BCUT2D eigenvalue weighted by Crippen LogP contribution is 2.20. The van der Waals surface area contributed by atoms with E-state index in [0.29, 0.717) is 10.6 Å². The summed E-state index contributed by atoms with van der Waals surface area (Å²) in [5.74, 6) is -0.855. The first-order chi connectivity index (χ1) is 8.49. The first kappa shape index (κ1) is 12.8. The highest BCUT2D eigenvalue weighted by molar-refractivity contribution is 6.31. The second kappa shape index (κ2) is 4.91. The van der Waals surface area contributed by atoms with Crippen LogP contribution in [0.4, 0.5) is 4.39 Å². The fraction of sp³-hybridized carbons (Fsp3) is 0.133. The van der Waals surface area contributed by atoms with Crippen LogP contribution in [0.5, 0.6) is 0 Å². The van der Waals surface area contributed by atoms with E-state index in [-0.39, 0.29) is 11.3 Å². The number of rotatable bonds is 2. The number of halogens is 2. The number of hydrogen-bond acceptors (Lipinski definition) is 1. The van der Waals surface area contributed by atoms with Gasteiger partial charge in [0.05, 0.1) is 5.56 Å². The van der Waals surface area contributed by atoms with Gasteiger partial charge in [0, 0.05) is 10.6 Å². The highest BCUT2D eigenvalue weighted by Gasteiger charge is 2.14. The zero-order valence-electron chi connectivity index (χ0n) is 10.1. The van der Waals surface area contributed by atoms with Crippen LogP contribution in [0.3, 0.4) is 0 Å². The Morgan fingerprint density at radius 2 is 1.83 bits per heavy atom. The Hall–Kier alpha value is -1.67. The van der Waals surface area contributed by atoms with Crippen molar-refractivity contribution < 1.29 is 9.18 Å². The second-order valence-corrected chi connectivity index (χ2v) is 4.68. The van der Waals surface area contributed by atoms with E-state index in [4.69, 9.17) is 11.6 Å². The van der Waals surface area contributed by atoms with Crippen LogP contribution in [0.2, 0.25) is 5.02 Å². The Morgan fingerprint density at radius 3 is 2.44 bits per heavy atom. The summed E-state index contributed by atoms with van der Waals surface area (Å²) in [6, 6.07) is 9.54. The van der Waals surface area contributed by atoms with Gasteiger partial charge < -0.3 is 0 Å². The van der Waals surface area contributed by atoms with Gasteiger partial charge in [-0.05, 0) is 43.2 Å². The van der Waals surface area contributed by atoms with Gasteiger partial charge in [-0.3, -0.25) is 4.79 Å². The summed E-state index contributed by atoms with van der Waals surface area (Å²) in [5, 5.41) is 0.508. The van der Waals surface area contributed by atoms with Crippen LogP contribution in [-0.2, 0) is 0 Å². The van der Waals surface area contributed by atoms with Crippen molar-refractivity contribution in [1.29, 1.82) is 0 Å². The van der Waals surface area contributed by atoms with Crippen molar-refractivity contribution in [2.45, 2.75) is 13.8 Å². The highest BCUT2D eigenvalue weighted by atomic mass is 35.5. The largest absolute Gasteiger partial charge is 0.288 e. The van der Waals surface area contributed by atoms with Crippen molar-refractivity contribution >= 4 is 17.4 Å². The van der Waals surface area contributed by atoms with Gasteiger partial charge >= 0.3 is 0 Å². The van der Waals surface area contributed by atoms with Gasteiger partial charge in [0.1, 0.15) is 5.82 Å². The summed E-state index contributed by atoms with van der Waals surface area (Å²) in [5.41, 5.74) is 2.14. The van der Waals surface area contributed by atoms with Crippen LogP contribution in [0, 0.1) is 19.7 Å². The molecule has 92 valence electrons. The lowest BCUT2D eigenvalue weighted by Gasteiger charge is -2.05. The SMILES string of the molecule is Cc1ccc(C(=O)c2ccc(C)c(Cl)c2)c(F)c1. The van der Waals surface area contributed by atoms with E-state index in [9.17, 15) is 9.18 Å². The lowest BCUT2D eigenvalue weighted by Crippen LogP contribution is -2.04. The molecule has 0 saturated heterocycles. The monoisotopic (exact) mass is 262 g/mol. The van der Waals surface area contributed by atoms with Crippen molar-refractivity contribution in [1.82, 2.24) is 0 Å². The molecule has 0 N–H and O–H groups in total. The summed E-state index contributed by atoms with van der Waals surface area (Å²) >= 11 is 5.96. The molecule has 0 atom stereocenters. The minimum Gasteiger partial charge on any atom is -0.288 e. The minimum atomic E-state index is -0.503. The molecule has 2 rings (SSSR count). The van der Waals surface area contributed by atoms with Gasteiger partial charge in [0.25, 0.3) is 0 Å². The van der Waals surface area contributed by atoms with Gasteiger partial charge in [0.2, 0.25) is 0 Å². The van der Waals surface area contributed by atoms with Gasteiger partial charge in [-0.1, -0.05) is 29.8 Å². The van der Waals surface area contributed by atoms with E-state index >= 15 is 0 Å². The van der Waals surface area contributed by atoms with Crippen molar-refractivity contribution in [3.8, 4) is 0 Å². The molecule has 0 amide bonds. The zero-order valence-corrected chi connectivity index (χ0v) is 10.9. The normalized spacial score (nSPS) is 10.4. The lowest BCUT2D eigenvalue weighted by molar-refractivity contribution is 0.103. The number of aryl methyl sites for hydroxylation is 2. The number of ketones is 1. The van der Waals surface area contributed by atoms with Crippen LogP contribution in [0.15, 0.2) is 36.4 Å². The van der Waals surface area contributed by atoms with Crippen LogP contribution in [0.1, 0.15) is 27.0 Å². The lowest BCUT2D eigenvalue weighted by atomic mass is 10.0. The summed E-state index contributed by atoms with van der Waals surface area (Å²) in [6.45, 7) is 3.63. The van der Waals surface area contributed by atoms with Gasteiger partial charge in [-0.25, -0.2) is 4.39 Å². The number of carbonyl (C=O) groups is 1. The van der Waals surface area contributed by atoms with Crippen LogP contribution in [-0.4, -0.2) is 5.78 Å². The fourth-order valence-electron chi connectivity index (χ4n) is 1.69. The van der Waals surface area contributed by atoms with E-state index < -0.39 is 5.82 Å². The predicted octanol–water partition coefficient (Wildman–Crippen LogP) is 4.33. The molecule has 2 aromatic carbocycles. The van der Waals surface area contributed by atoms with Crippen molar-refractivity contribution in [2.75, 3.05) is 0 Å². The maximum Gasteiger partial charge on any atom is 0.196 e. The van der Waals surface area contributed by atoms with E-state index in [1.165, 1.54) is 12.1 Å². The average Bonchev–Trinajstić information content (AvgIpc) is 2.32. The standard InChI is InChI=1S/C15H12ClFO/c1-9-3-6-12(14(17)7-9)15(18)11-5-4-10(2)13(16)8-11/h3-8H,1-2H3. The molecule has 18 heavy (non-hydrogen) atoms. The van der Waals surface area contributed by atoms with E-state index in [2.05, 4.69) is 0 Å². The third-order valence-electron chi connectivity index (χ3n) is 2.80. The number of benzene rings is 2. The Kier molecular flexibility index (Phi) is 3.48. The van der Waals surface area contributed by atoms with Gasteiger partial charge in [0.15, 0.2) is 5.78 Å². The molecule has 2 aromatic rings. The van der Waals surface area contributed by atoms with E-state index in [0.717, 1.165) is 11.1 Å². The summed E-state index contributed by atoms with van der Waals surface area (Å²) < 4.78 is 13.7. The third kappa shape index (κ3) is 2.44. The minimum absolute atomic E-state index is 0.0699. The Balaban J connectivity index is 2.44. The molecule has 0 aliphatic carbocycles. The Labute approximate surface area is 110 Å². The molecule has 1 nitrogen and oxygen atoms in total. The third-order valence-corrected chi connectivity index (χ3v) is 3.21. The second-order valence-electron chi connectivity index (χ2n) is 4.28. The molecule has 0 aromatic heterocycles. The zero-order chi connectivity index (χ0) is 13.3. The molecule has 0 aliphatic heterocycles. The summed E-state index contributed by atoms with van der Waals surface area (Å²) in [7, 11) is 0. The van der Waals surface area contributed by atoms with Crippen LogP contribution in [0.25, 0.3) is 0 Å². The molecular formula is C15H12ClFO. The van der Waals surface area contributed by atoms with Crippen LogP contribution < -0.4 is 0 Å². The Morgan fingerprint density at radius 1 is 1.11 bits per heavy atom. The predicted molar refractivity (Wildman–Crippen MR) is 70.8 cm³/mol. The molecular weight excluding hydrogens is 251 g/mol. The summed E-state index contributed by atoms with van der Waals surface area (Å²) in [6.07, 6.45) is 0. The maximum absolute atomic E-state index is 13.7. The molecule has 0 radical (unpaired) electrons. The van der Waals surface area contributed by atoms with E-state index in [1.54, 1.807) is 31.2 Å². The first-order valence-corrected chi connectivity index (χ1v) is 5.94. The van der Waals surface area contributed by atoms with Crippen molar-refractivity contribution in [3.05, 3.63) is 69.5 Å². The van der Waals surface area contributed by atoms with Gasteiger partial charge in [-0.2, -0.15) is 0 Å². The molecule has 0 fully saturated rings. The number of carbonyl (C=O) groups excluding carboxylic acids is 1. The molecule has 3 heteroatoms. The summed E-state index contributed by atoms with van der Waals surface area (Å²) in [4.78, 5) is 12.1. The topological polar surface area (TPSA) is 17.1 Å². The number of hydrogen-bond donors (Lipinski definition) is 0. The van der Waals surface area contributed by atoms with Crippen LogP contribution >= 0.6 is 11.6 Å². The Bertz CT molecular complexity index is 620. The van der Waals surface area contributed by atoms with Crippen molar-refractivity contribution in [3.63, 3.8) is 0 Å². The fourth-order valence-corrected chi connectivity index (χ4v) is 1.87. The molecule has 0 heterocycles. The molecule has 0 spiro atoms. The molecule has 0 unspecified atom stereocenters. The molecule has 0 aliphatic rings. The average molecular weight is 263 g/mol. The first-order valence-electron chi connectivity index (χ1n) is 5.56.